The Kier molecular flexibility index (Phi) is 3.60. The van der Waals surface area contributed by atoms with Crippen molar-refractivity contribution in [1.29, 1.82) is 0 Å². The van der Waals surface area contributed by atoms with Crippen LogP contribution in [0, 0.1) is 10.1 Å². The Labute approximate surface area is 113 Å². The Bertz CT molecular complexity index is 482. The summed E-state index contributed by atoms with van der Waals surface area (Å²) in [6.45, 7) is 7.23. The van der Waals surface area contributed by atoms with Crippen LogP contribution in [-0.4, -0.2) is 27.9 Å². The maximum absolute atomic E-state index is 11.2. The summed E-state index contributed by atoms with van der Waals surface area (Å²) >= 11 is 0. The lowest BCUT2D eigenvalue weighted by molar-refractivity contribution is -0.386. The van der Waals surface area contributed by atoms with Crippen molar-refractivity contribution in [3.05, 3.63) is 39.9 Å². The summed E-state index contributed by atoms with van der Waals surface area (Å²) in [6, 6.07) is 6.79. The topological polar surface area (TPSA) is 72.4 Å². The van der Waals surface area contributed by atoms with Crippen molar-refractivity contribution in [3.63, 3.8) is 0 Å². The molecule has 0 amide bonds. The SMILES string of the molecule is CC(C)(C)N1CCC(N)C1c1ccccc1[N+](=O)[O-]. The Balaban J connectivity index is 2.47. The summed E-state index contributed by atoms with van der Waals surface area (Å²) in [6.07, 6.45) is 0.869. The average molecular weight is 263 g/mol. The van der Waals surface area contributed by atoms with Crippen molar-refractivity contribution in [2.45, 2.75) is 44.8 Å². The molecular formula is C14H21N3O2. The molecule has 2 atom stereocenters. The lowest BCUT2D eigenvalue weighted by atomic mass is 9.95. The van der Waals surface area contributed by atoms with E-state index in [9.17, 15) is 10.1 Å². The molecule has 0 spiro atoms. The third kappa shape index (κ3) is 2.62. The van der Waals surface area contributed by atoms with Crippen LogP contribution in [0.2, 0.25) is 0 Å². The Morgan fingerprint density at radius 3 is 2.58 bits per heavy atom. The predicted octanol–water partition coefficient (Wildman–Crippen LogP) is 2.47. The zero-order valence-corrected chi connectivity index (χ0v) is 11.7. The molecule has 1 heterocycles. The first-order valence-corrected chi connectivity index (χ1v) is 6.58. The summed E-state index contributed by atoms with van der Waals surface area (Å²) < 4.78 is 0. The lowest BCUT2D eigenvalue weighted by Gasteiger charge is -2.37. The van der Waals surface area contributed by atoms with Gasteiger partial charge in [-0.05, 0) is 27.2 Å². The molecule has 104 valence electrons. The van der Waals surface area contributed by atoms with Crippen LogP contribution in [-0.2, 0) is 0 Å². The Hall–Kier alpha value is -1.46. The molecular weight excluding hydrogens is 242 g/mol. The number of rotatable bonds is 2. The molecule has 2 rings (SSSR count). The maximum Gasteiger partial charge on any atom is 0.274 e. The van der Waals surface area contributed by atoms with Crippen LogP contribution in [0.3, 0.4) is 0 Å². The van der Waals surface area contributed by atoms with Crippen molar-refractivity contribution < 1.29 is 4.92 Å². The normalized spacial score (nSPS) is 24.6. The van der Waals surface area contributed by atoms with Gasteiger partial charge >= 0.3 is 0 Å². The van der Waals surface area contributed by atoms with Gasteiger partial charge in [0.15, 0.2) is 0 Å². The van der Waals surface area contributed by atoms with Crippen LogP contribution in [0.25, 0.3) is 0 Å². The third-order valence-corrected chi connectivity index (χ3v) is 3.76. The number of nitrogens with two attached hydrogens (primary N) is 1. The summed E-state index contributed by atoms with van der Waals surface area (Å²) in [5.41, 5.74) is 7.04. The number of para-hydroxylation sites is 1. The Morgan fingerprint density at radius 2 is 2.00 bits per heavy atom. The minimum atomic E-state index is -0.318. The maximum atomic E-state index is 11.2. The molecule has 0 saturated carbocycles. The lowest BCUT2D eigenvalue weighted by Crippen LogP contribution is -2.43. The van der Waals surface area contributed by atoms with Gasteiger partial charge in [0.25, 0.3) is 5.69 Å². The molecule has 2 N–H and O–H groups in total. The molecule has 2 unspecified atom stereocenters. The van der Waals surface area contributed by atoms with Crippen LogP contribution in [0.1, 0.15) is 38.8 Å². The molecule has 1 aliphatic heterocycles. The first-order chi connectivity index (χ1) is 8.82. The van der Waals surface area contributed by atoms with E-state index in [0.717, 1.165) is 18.5 Å². The van der Waals surface area contributed by atoms with E-state index in [0.29, 0.717) is 0 Å². The molecule has 1 fully saturated rings. The highest BCUT2D eigenvalue weighted by molar-refractivity contribution is 5.43. The number of hydrogen-bond acceptors (Lipinski definition) is 4. The van der Waals surface area contributed by atoms with Crippen LogP contribution in [0.15, 0.2) is 24.3 Å². The molecule has 1 aliphatic rings. The highest BCUT2D eigenvalue weighted by Crippen LogP contribution is 2.39. The number of nitrogens with zero attached hydrogens (tertiary/aromatic N) is 2. The zero-order chi connectivity index (χ0) is 14.2. The summed E-state index contributed by atoms with van der Waals surface area (Å²) in [5, 5.41) is 11.2. The molecule has 1 aromatic carbocycles. The molecule has 1 aromatic rings. The first-order valence-electron chi connectivity index (χ1n) is 6.58. The third-order valence-electron chi connectivity index (χ3n) is 3.76. The zero-order valence-electron chi connectivity index (χ0n) is 11.7. The van der Waals surface area contributed by atoms with Gasteiger partial charge in [-0.2, -0.15) is 0 Å². The fourth-order valence-electron chi connectivity index (χ4n) is 2.87. The second-order valence-corrected chi connectivity index (χ2v) is 6.08. The molecule has 19 heavy (non-hydrogen) atoms. The van der Waals surface area contributed by atoms with Crippen LogP contribution < -0.4 is 5.73 Å². The number of benzene rings is 1. The summed E-state index contributed by atoms with van der Waals surface area (Å²) in [4.78, 5) is 13.1. The average Bonchev–Trinajstić information content (AvgIpc) is 2.70. The van der Waals surface area contributed by atoms with Crippen molar-refractivity contribution in [1.82, 2.24) is 4.90 Å². The van der Waals surface area contributed by atoms with E-state index in [-0.39, 0.29) is 28.2 Å². The van der Waals surface area contributed by atoms with Crippen LogP contribution in [0.4, 0.5) is 5.69 Å². The van der Waals surface area contributed by atoms with E-state index >= 15 is 0 Å². The highest BCUT2D eigenvalue weighted by atomic mass is 16.6. The first kappa shape index (κ1) is 14.0. The van der Waals surface area contributed by atoms with E-state index in [1.807, 2.05) is 12.1 Å². The van der Waals surface area contributed by atoms with Gasteiger partial charge in [-0.1, -0.05) is 18.2 Å². The van der Waals surface area contributed by atoms with E-state index < -0.39 is 0 Å². The monoisotopic (exact) mass is 263 g/mol. The second kappa shape index (κ2) is 4.90. The van der Waals surface area contributed by atoms with Crippen molar-refractivity contribution >= 4 is 5.69 Å². The van der Waals surface area contributed by atoms with Gasteiger partial charge < -0.3 is 5.73 Å². The molecule has 0 aromatic heterocycles. The van der Waals surface area contributed by atoms with Gasteiger partial charge in [0.1, 0.15) is 0 Å². The number of nitro groups is 1. The molecule has 1 saturated heterocycles. The number of likely N-dealkylation sites (tertiary alicyclic amines) is 1. The quantitative estimate of drug-likeness (QED) is 0.657. The number of nitro benzene ring substituents is 1. The molecule has 0 aliphatic carbocycles. The summed E-state index contributed by atoms with van der Waals surface area (Å²) in [7, 11) is 0. The molecule has 0 bridgehead atoms. The fraction of sp³-hybridized carbons (Fsp3) is 0.571. The van der Waals surface area contributed by atoms with Gasteiger partial charge in [-0.15, -0.1) is 0 Å². The largest absolute Gasteiger partial charge is 0.326 e. The number of hydrogen-bond donors (Lipinski definition) is 1. The van der Waals surface area contributed by atoms with Gasteiger partial charge in [0.2, 0.25) is 0 Å². The minimum absolute atomic E-state index is 0.0531. The van der Waals surface area contributed by atoms with E-state index in [4.69, 9.17) is 5.73 Å². The predicted molar refractivity (Wildman–Crippen MR) is 74.9 cm³/mol. The van der Waals surface area contributed by atoms with E-state index in [1.165, 1.54) is 0 Å². The second-order valence-electron chi connectivity index (χ2n) is 6.08. The van der Waals surface area contributed by atoms with Gasteiger partial charge in [0.05, 0.1) is 11.0 Å². The standard InChI is InChI=1S/C14H21N3O2/c1-14(2,3)16-9-8-11(15)13(16)10-6-4-5-7-12(10)17(18)19/h4-7,11,13H,8-9,15H2,1-3H3. The molecule has 5 heteroatoms. The highest BCUT2D eigenvalue weighted by Gasteiger charge is 2.41. The van der Waals surface area contributed by atoms with Crippen molar-refractivity contribution in [2.24, 2.45) is 5.73 Å². The molecule has 5 nitrogen and oxygen atoms in total. The van der Waals surface area contributed by atoms with Crippen LogP contribution >= 0.6 is 0 Å². The minimum Gasteiger partial charge on any atom is -0.326 e. The van der Waals surface area contributed by atoms with Gasteiger partial charge in [0, 0.05) is 29.8 Å². The van der Waals surface area contributed by atoms with Crippen molar-refractivity contribution in [3.8, 4) is 0 Å². The van der Waals surface area contributed by atoms with Crippen molar-refractivity contribution in [2.75, 3.05) is 6.54 Å². The molecule has 0 radical (unpaired) electrons. The van der Waals surface area contributed by atoms with E-state index in [1.54, 1.807) is 12.1 Å². The van der Waals surface area contributed by atoms with Gasteiger partial charge in [-0.25, -0.2) is 0 Å². The van der Waals surface area contributed by atoms with Crippen LogP contribution in [0.5, 0.6) is 0 Å². The Morgan fingerprint density at radius 1 is 1.37 bits per heavy atom. The smallest absolute Gasteiger partial charge is 0.274 e. The van der Waals surface area contributed by atoms with E-state index in [2.05, 4.69) is 25.7 Å². The summed E-state index contributed by atoms with van der Waals surface area (Å²) in [5.74, 6) is 0. The van der Waals surface area contributed by atoms with Gasteiger partial charge in [-0.3, -0.25) is 15.0 Å². The fourth-order valence-corrected chi connectivity index (χ4v) is 2.87.